The van der Waals surface area contributed by atoms with Gasteiger partial charge in [-0.25, -0.2) is 14.6 Å². The minimum Gasteiger partial charge on any atom is -0.393 e. The van der Waals surface area contributed by atoms with Crippen LogP contribution in [0.4, 0.5) is 0 Å². The Labute approximate surface area is 227 Å². The average molecular weight is 566 g/mol. The van der Waals surface area contributed by atoms with Gasteiger partial charge >= 0.3 is 0 Å². The highest BCUT2D eigenvalue weighted by Gasteiger charge is 2.55. The van der Waals surface area contributed by atoms with Crippen LogP contribution in [-0.2, 0) is 14.1 Å². The number of nitrogens with two attached hydrogens (primary N) is 2. The highest BCUT2D eigenvalue weighted by molar-refractivity contribution is 7.43. The van der Waals surface area contributed by atoms with E-state index in [9.17, 15) is 19.9 Å². The molecule has 4 rings (SSSR count). The van der Waals surface area contributed by atoms with Crippen molar-refractivity contribution in [1.82, 2.24) is 9.96 Å². The van der Waals surface area contributed by atoms with E-state index in [0.29, 0.717) is 11.4 Å². The zero-order valence-electron chi connectivity index (χ0n) is 22.3. The number of hydroxylamine groups is 2. The Morgan fingerprint density at radius 1 is 1.36 bits per heavy atom. The SMILES string of the molecule is CC(C)N(OP(N)O)C(C)(C)CO[C@]1(O)C[C@H](N2CN=C3C2=NC=NC3(N)C(=O)c2ccccc2)O[C@@H]1CO. The van der Waals surface area contributed by atoms with Crippen LogP contribution < -0.4 is 11.2 Å². The van der Waals surface area contributed by atoms with Gasteiger partial charge in [-0.3, -0.25) is 21.0 Å². The lowest BCUT2D eigenvalue weighted by molar-refractivity contribution is -0.265. The van der Waals surface area contributed by atoms with Crippen molar-refractivity contribution in [3.05, 3.63) is 35.9 Å². The zero-order valence-corrected chi connectivity index (χ0v) is 23.2. The fourth-order valence-corrected chi connectivity index (χ4v) is 5.48. The summed E-state index contributed by atoms with van der Waals surface area (Å²) in [5.74, 6) is -2.02. The number of hydrogen-bond acceptors (Lipinski definition) is 14. The van der Waals surface area contributed by atoms with Gasteiger partial charge in [-0.05, 0) is 27.7 Å². The summed E-state index contributed by atoms with van der Waals surface area (Å²) in [6, 6.07) is 8.39. The van der Waals surface area contributed by atoms with Crippen LogP contribution in [0.3, 0.4) is 0 Å². The predicted molar refractivity (Wildman–Crippen MR) is 144 cm³/mol. The second-order valence-corrected chi connectivity index (χ2v) is 11.3. The van der Waals surface area contributed by atoms with E-state index < -0.39 is 50.2 Å². The second-order valence-electron chi connectivity index (χ2n) is 10.5. The number of Topliss-reactive ketones (excluding diaryl/α,β-unsaturated/α-hetero) is 1. The Kier molecular flexibility index (Phi) is 8.64. The van der Waals surface area contributed by atoms with Gasteiger partial charge in [0.2, 0.25) is 11.4 Å². The van der Waals surface area contributed by atoms with Gasteiger partial charge in [0.1, 0.15) is 31.1 Å². The molecule has 7 N–H and O–H groups in total. The molecule has 2 unspecified atom stereocenters. The van der Waals surface area contributed by atoms with Crippen molar-refractivity contribution in [2.45, 2.75) is 69.5 Å². The first-order valence-corrected chi connectivity index (χ1v) is 13.8. The van der Waals surface area contributed by atoms with E-state index in [2.05, 4.69) is 15.0 Å². The number of ketones is 1. The third-order valence-corrected chi connectivity index (χ3v) is 7.11. The van der Waals surface area contributed by atoms with Crippen molar-refractivity contribution in [3.8, 4) is 0 Å². The molecule has 39 heavy (non-hydrogen) atoms. The number of rotatable bonds is 11. The molecule has 0 aromatic heterocycles. The molecule has 1 saturated heterocycles. The number of aliphatic hydroxyl groups is 2. The van der Waals surface area contributed by atoms with Gasteiger partial charge in [-0.2, -0.15) is 5.06 Å². The molecule has 0 spiro atoms. The lowest BCUT2D eigenvalue weighted by Gasteiger charge is -2.41. The van der Waals surface area contributed by atoms with Gasteiger partial charge in [-0.1, -0.05) is 30.3 Å². The Hall–Kier alpha value is -2.23. The Bertz CT molecular complexity index is 1150. The number of fused-ring (bicyclic) bond motifs is 1. The summed E-state index contributed by atoms with van der Waals surface area (Å²) in [6.07, 6.45) is -0.745. The number of aliphatic imine (C=N–C) groups is 3. The molecule has 1 fully saturated rings. The first kappa shape index (κ1) is 29.7. The van der Waals surface area contributed by atoms with Crippen LogP contribution in [0.15, 0.2) is 45.3 Å². The van der Waals surface area contributed by atoms with Crippen LogP contribution in [0.25, 0.3) is 0 Å². The molecule has 3 aliphatic heterocycles. The lowest BCUT2D eigenvalue weighted by Crippen LogP contribution is -2.59. The number of aliphatic hydroxyl groups excluding tert-OH is 1. The second kappa shape index (κ2) is 11.3. The van der Waals surface area contributed by atoms with Gasteiger partial charge in [0.25, 0.3) is 8.53 Å². The molecule has 1 aromatic rings. The molecule has 3 aliphatic rings. The molecule has 0 aliphatic carbocycles. The molecular weight excluding hydrogens is 529 g/mol. The third kappa shape index (κ3) is 5.81. The monoisotopic (exact) mass is 565 g/mol. The first-order chi connectivity index (χ1) is 18.3. The molecule has 3 heterocycles. The number of benzene rings is 1. The molecule has 15 heteroatoms. The van der Waals surface area contributed by atoms with Gasteiger partial charge in [-0.15, -0.1) is 0 Å². The summed E-state index contributed by atoms with van der Waals surface area (Å²) in [4.78, 5) is 37.5. The van der Waals surface area contributed by atoms with Crippen LogP contribution in [-0.4, -0.2) is 104 Å². The van der Waals surface area contributed by atoms with Crippen LogP contribution in [0, 0.1) is 0 Å². The van der Waals surface area contributed by atoms with E-state index in [0.717, 1.165) is 0 Å². The van der Waals surface area contributed by atoms with Crippen molar-refractivity contribution in [1.29, 1.82) is 0 Å². The largest absolute Gasteiger partial charge is 0.393 e. The number of hydrogen-bond donors (Lipinski definition) is 5. The maximum atomic E-state index is 13.3. The summed E-state index contributed by atoms with van der Waals surface area (Å²) in [7, 11) is -2.17. The quantitative estimate of drug-likeness (QED) is 0.105. The van der Waals surface area contributed by atoms with Crippen molar-refractivity contribution < 1.29 is 34.0 Å². The Balaban J connectivity index is 1.49. The fraction of sp³-hybridized carbons (Fsp3) is 0.583. The van der Waals surface area contributed by atoms with Crippen molar-refractivity contribution in [2.24, 2.45) is 26.2 Å². The lowest BCUT2D eigenvalue weighted by atomic mass is 9.93. The minimum absolute atomic E-state index is 0.0500. The normalized spacial score (nSPS) is 29.6. The number of carbonyl (C=O) groups excluding carboxylic acids is 1. The number of nitrogens with zero attached hydrogens (tertiary/aromatic N) is 5. The van der Waals surface area contributed by atoms with E-state index in [4.69, 9.17) is 25.3 Å². The van der Waals surface area contributed by atoms with Crippen molar-refractivity contribution >= 4 is 32.2 Å². The van der Waals surface area contributed by atoms with Crippen molar-refractivity contribution in [2.75, 3.05) is 19.9 Å². The summed E-state index contributed by atoms with van der Waals surface area (Å²) in [5.41, 5.74) is 9.94. The molecule has 1 aromatic carbocycles. The zero-order chi connectivity index (χ0) is 28.6. The number of carbonyl (C=O) groups is 1. The Morgan fingerprint density at radius 2 is 2.05 bits per heavy atom. The van der Waals surface area contributed by atoms with Crippen LogP contribution in [0.1, 0.15) is 44.5 Å². The van der Waals surface area contributed by atoms with Gasteiger partial charge in [0.15, 0.2) is 11.6 Å². The van der Waals surface area contributed by atoms with Crippen LogP contribution >= 0.6 is 8.53 Å². The van der Waals surface area contributed by atoms with E-state index in [1.165, 1.54) is 11.4 Å². The summed E-state index contributed by atoms with van der Waals surface area (Å²) in [5, 5.41) is 23.0. The highest BCUT2D eigenvalue weighted by atomic mass is 31.2. The summed E-state index contributed by atoms with van der Waals surface area (Å²) < 4.78 is 17.4. The maximum Gasteiger partial charge on any atom is 0.268 e. The smallest absolute Gasteiger partial charge is 0.268 e. The molecular formula is C24H36N7O7P. The van der Waals surface area contributed by atoms with Gasteiger partial charge < -0.3 is 29.5 Å². The minimum atomic E-state index is -2.17. The number of amidine groups is 1. The topological polar surface area (TPSA) is 201 Å². The van der Waals surface area contributed by atoms with Crippen LogP contribution in [0.5, 0.6) is 0 Å². The van der Waals surface area contributed by atoms with Gasteiger partial charge in [0, 0.05) is 18.0 Å². The molecule has 0 amide bonds. The summed E-state index contributed by atoms with van der Waals surface area (Å²) >= 11 is 0. The molecule has 0 radical (unpaired) electrons. The molecule has 14 nitrogen and oxygen atoms in total. The average Bonchev–Trinajstić information content (AvgIpc) is 3.48. The molecule has 5 atom stereocenters. The standard InChI is InChI=1S/C24H36N7O7P/c1-15(2)31(38-39(26)35)22(3,4)12-36-23(34)10-18(37-17(23)11-32)30-14-28-19-21(30)27-13-29-24(19,25)20(33)16-8-6-5-7-9-16/h5-9,13,15,17-18,32,34-35H,10-12,14,25-26H2,1-4H3/t17-,18-,23-,24?,39?/m1/s1. The number of ether oxygens (including phenoxy) is 2. The van der Waals surface area contributed by atoms with E-state index in [1.807, 2.05) is 13.8 Å². The maximum absolute atomic E-state index is 13.3. The first-order valence-electron chi connectivity index (χ1n) is 12.5. The van der Waals surface area contributed by atoms with E-state index in [-0.39, 0.29) is 31.4 Å². The van der Waals surface area contributed by atoms with E-state index in [1.54, 1.807) is 49.1 Å². The Morgan fingerprint density at radius 3 is 2.67 bits per heavy atom. The predicted octanol–water partition coefficient (Wildman–Crippen LogP) is 0.0898. The fourth-order valence-electron chi connectivity index (χ4n) is 4.89. The molecule has 0 bridgehead atoms. The molecule has 0 saturated carbocycles. The molecule has 214 valence electrons. The van der Waals surface area contributed by atoms with Crippen LogP contribution in [0.2, 0.25) is 0 Å². The van der Waals surface area contributed by atoms with Crippen molar-refractivity contribution in [3.63, 3.8) is 0 Å². The van der Waals surface area contributed by atoms with Gasteiger partial charge in [0.05, 0.1) is 18.8 Å². The summed E-state index contributed by atoms with van der Waals surface area (Å²) in [6.45, 7) is 6.80. The third-order valence-electron chi connectivity index (χ3n) is 6.77. The van der Waals surface area contributed by atoms with E-state index >= 15 is 0 Å². The highest BCUT2D eigenvalue weighted by Crippen LogP contribution is 2.38.